The molecule has 66 valence electrons. The molecule has 0 radical (unpaired) electrons. The van der Waals surface area contributed by atoms with Gasteiger partial charge in [0.05, 0.1) is 0 Å². The molecule has 0 bridgehead atoms. The molecule has 0 spiro atoms. The van der Waals surface area contributed by atoms with E-state index in [1.54, 1.807) is 13.8 Å². The molecule has 0 aromatic carbocycles. The molecule has 0 fully saturated rings. The molecule has 0 saturated heterocycles. The van der Waals surface area contributed by atoms with Crippen LogP contribution < -0.4 is 0 Å². The molecule has 0 aromatic heterocycles. The van der Waals surface area contributed by atoms with Crippen molar-refractivity contribution in [1.29, 1.82) is 0 Å². The maximum absolute atomic E-state index is 11.2. The molecular formula is C8H16O3. The first kappa shape index (κ1) is 10.6. The number of methoxy groups -OCH3 is 1. The lowest BCUT2D eigenvalue weighted by Crippen LogP contribution is -2.36. The van der Waals surface area contributed by atoms with Crippen LogP contribution >= 0.6 is 0 Å². The molecule has 0 N–H and O–H groups in total. The van der Waals surface area contributed by atoms with Crippen LogP contribution in [0.1, 0.15) is 20.8 Å². The van der Waals surface area contributed by atoms with E-state index >= 15 is 0 Å². The summed E-state index contributed by atoms with van der Waals surface area (Å²) in [6, 6.07) is 0. The quantitative estimate of drug-likeness (QED) is 0.602. The summed E-state index contributed by atoms with van der Waals surface area (Å²) in [5, 5.41) is 0. The van der Waals surface area contributed by atoms with E-state index in [2.05, 4.69) is 0 Å². The number of ketones is 1. The van der Waals surface area contributed by atoms with Gasteiger partial charge in [0.1, 0.15) is 12.2 Å². The molecule has 0 unspecified atom stereocenters. The Bertz CT molecular complexity index is 129. The van der Waals surface area contributed by atoms with Crippen LogP contribution in [0.4, 0.5) is 0 Å². The SMILES string of the molecule is CCOCC(=O)C(C)(C)OC. The predicted octanol–water partition coefficient (Wildman–Crippen LogP) is 1.02. The smallest absolute Gasteiger partial charge is 0.189 e. The average Bonchev–Trinajstić information content (AvgIpc) is 2.00. The zero-order valence-electron chi connectivity index (χ0n) is 7.64. The van der Waals surface area contributed by atoms with Crippen LogP contribution in [0.3, 0.4) is 0 Å². The Hall–Kier alpha value is -0.410. The fourth-order valence-electron chi connectivity index (χ4n) is 0.482. The Labute approximate surface area is 67.7 Å². The van der Waals surface area contributed by atoms with Crippen LogP contribution in [0, 0.1) is 0 Å². The van der Waals surface area contributed by atoms with E-state index in [9.17, 15) is 4.79 Å². The minimum absolute atomic E-state index is 0.0261. The van der Waals surface area contributed by atoms with E-state index in [4.69, 9.17) is 9.47 Å². The van der Waals surface area contributed by atoms with Crippen LogP contribution in [-0.2, 0) is 14.3 Å². The van der Waals surface area contributed by atoms with Gasteiger partial charge < -0.3 is 9.47 Å². The van der Waals surface area contributed by atoms with Gasteiger partial charge in [0, 0.05) is 13.7 Å². The fourth-order valence-corrected chi connectivity index (χ4v) is 0.482. The van der Waals surface area contributed by atoms with Gasteiger partial charge in [-0.3, -0.25) is 4.79 Å². The van der Waals surface area contributed by atoms with Crippen molar-refractivity contribution in [3.05, 3.63) is 0 Å². The van der Waals surface area contributed by atoms with E-state index in [1.165, 1.54) is 7.11 Å². The zero-order chi connectivity index (χ0) is 8.91. The molecule has 0 rings (SSSR count). The number of hydrogen-bond donors (Lipinski definition) is 0. The third kappa shape index (κ3) is 3.49. The summed E-state index contributed by atoms with van der Waals surface area (Å²) in [7, 11) is 1.52. The van der Waals surface area contributed by atoms with Gasteiger partial charge in [-0.2, -0.15) is 0 Å². The highest BCUT2D eigenvalue weighted by Gasteiger charge is 2.26. The van der Waals surface area contributed by atoms with Crippen LogP contribution in [0.15, 0.2) is 0 Å². The topological polar surface area (TPSA) is 35.5 Å². The standard InChI is InChI=1S/C8H16O3/c1-5-11-6-7(9)8(2,3)10-4/h5-6H2,1-4H3. The van der Waals surface area contributed by atoms with Crippen LogP contribution in [0.2, 0.25) is 0 Å². The van der Waals surface area contributed by atoms with E-state index in [1.807, 2.05) is 6.92 Å². The van der Waals surface area contributed by atoms with Gasteiger partial charge in [-0.25, -0.2) is 0 Å². The monoisotopic (exact) mass is 160 g/mol. The summed E-state index contributed by atoms with van der Waals surface area (Å²) in [5.74, 6) is -0.0261. The van der Waals surface area contributed by atoms with Crippen LogP contribution in [-0.4, -0.2) is 31.7 Å². The van der Waals surface area contributed by atoms with E-state index in [0.29, 0.717) is 6.61 Å². The second kappa shape index (κ2) is 4.46. The third-order valence-corrected chi connectivity index (χ3v) is 1.62. The second-order valence-corrected chi connectivity index (χ2v) is 2.77. The Morgan fingerprint density at radius 1 is 1.45 bits per heavy atom. The molecular weight excluding hydrogens is 144 g/mol. The molecule has 0 heterocycles. The van der Waals surface area contributed by atoms with Gasteiger partial charge in [-0.15, -0.1) is 0 Å². The minimum Gasteiger partial charge on any atom is -0.374 e. The molecule has 0 aliphatic rings. The van der Waals surface area contributed by atoms with E-state index < -0.39 is 5.60 Å². The molecule has 0 aliphatic carbocycles. The van der Waals surface area contributed by atoms with Gasteiger partial charge in [0.15, 0.2) is 5.78 Å². The summed E-state index contributed by atoms with van der Waals surface area (Å²) in [6.07, 6.45) is 0. The molecule has 0 amide bonds. The van der Waals surface area contributed by atoms with Gasteiger partial charge >= 0.3 is 0 Å². The maximum Gasteiger partial charge on any atom is 0.189 e. The van der Waals surface area contributed by atoms with Crippen LogP contribution in [0.5, 0.6) is 0 Å². The van der Waals surface area contributed by atoms with Gasteiger partial charge in [0.25, 0.3) is 0 Å². The summed E-state index contributed by atoms with van der Waals surface area (Å²) < 4.78 is 9.92. The summed E-state index contributed by atoms with van der Waals surface area (Å²) in [5.41, 5.74) is -0.713. The van der Waals surface area contributed by atoms with E-state index in [0.717, 1.165) is 0 Å². The van der Waals surface area contributed by atoms with E-state index in [-0.39, 0.29) is 12.4 Å². The van der Waals surface area contributed by atoms with Crippen molar-refractivity contribution in [2.24, 2.45) is 0 Å². The molecule has 3 heteroatoms. The minimum atomic E-state index is -0.713. The number of carbonyl (C=O) groups is 1. The highest BCUT2D eigenvalue weighted by Crippen LogP contribution is 2.08. The van der Waals surface area contributed by atoms with Crippen molar-refractivity contribution in [2.45, 2.75) is 26.4 Å². The zero-order valence-corrected chi connectivity index (χ0v) is 7.64. The summed E-state index contributed by atoms with van der Waals surface area (Å²) in [6.45, 7) is 6.01. The Balaban J connectivity index is 3.82. The highest BCUT2D eigenvalue weighted by molar-refractivity contribution is 5.87. The number of Topliss-reactive ketones (excluding diaryl/α,β-unsaturated/α-hetero) is 1. The molecule has 0 atom stereocenters. The Morgan fingerprint density at radius 2 is 2.00 bits per heavy atom. The lowest BCUT2D eigenvalue weighted by atomic mass is 10.0. The van der Waals surface area contributed by atoms with Crippen molar-refractivity contribution in [3.63, 3.8) is 0 Å². The molecule has 0 aromatic rings. The van der Waals surface area contributed by atoms with Gasteiger partial charge in [-0.1, -0.05) is 0 Å². The second-order valence-electron chi connectivity index (χ2n) is 2.77. The molecule has 11 heavy (non-hydrogen) atoms. The largest absolute Gasteiger partial charge is 0.374 e. The number of hydrogen-bond acceptors (Lipinski definition) is 3. The van der Waals surface area contributed by atoms with Crippen molar-refractivity contribution >= 4 is 5.78 Å². The fraction of sp³-hybridized carbons (Fsp3) is 0.875. The maximum atomic E-state index is 11.2. The number of carbonyl (C=O) groups excluding carboxylic acids is 1. The number of rotatable bonds is 5. The lowest BCUT2D eigenvalue weighted by molar-refractivity contribution is -0.141. The van der Waals surface area contributed by atoms with Gasteiger partial charge in [-0.05, 0) is 20.8 Å². The molecule has 0 aliphatic heterocycles. The van der Waals surface area contributed by atoms with Crippen molar-refractivity contribution in [1.82, 2.24) is 0 Å². The van der Waals surface area contributed by atoms with Crippen molar-refractivity contribution in [3.8, 4) is 0 Å². The first-order valence-corrected chi connectivity index (χ1v) is 3.70. The molecule has 3 nitrogen and oxygen atoms in total. The number of ether oxygens (including phenoxy) is 2. The average molecular weight is 160 g/mol. The van der Waals surface area contributed by atoms with Crippen molar-refractivity contribution in [2.75, 3.05) is 20.3 Å². The summed E-state index contributed by atoms with van der Waals surface area (Å²) in [4.78, 5) is 11.2. The highest BCUT2D eigenvalue weighted by atomic mass is 16.5. The summed E-state index contributed by atoms with van der Waals surface area (Å²) >= 11 is 0. The first-order valence-electron chi connectivity index (χ1n) is 3.70. The van der Waals surface area contributed by atoms with Crippen LogP contribution in [0.25, 0.3) is 0 Å². The van der Waals surface area contributed by atoms with Gasteiger partial charge in [0.2, 0.25) is 0 Å². The first-order chi connectivity index (χ1) is 5.04. The third-order valence-electron chi connectivity index (χ3n) is 1.62. The normalized spacial score (nSPS) is 11.6. The Kier molecular flexibility index (Phi) is 4.30. The Morgan fingerprint density at radius 3 is 2.36 bits per heavy atom. The predicted molar refractivity (Wildman–Crippen MR) is 42.6 cm³/mol. The molecule has 0 saturated carbocycles. The lowest BCUT2D eigenvalue weighted by Gasteiger charge is -2.20. The van der Waals surface area contributed by atoms with Crippen molar-refractivity contribution < 1.29 is 14.3 Å².